The van der Waals surface area contributed by atoms with Gasteiger partial charge in [-0.2, -0.15) is 0 Å². The Kier molecular flexibility index (Phi) is 8.98. The summed E-state index contributed by atoms with van der Waals surface area (Å²) in [5, 5.41) is 34.5. The third kappa shape index (κ3) is 6.98. The van der Waals surface area contributed by atoms with Crippen molar-refractivity contribution in [1.29, 1.82) is 0 Å². The van der Waals surface area contributed by atoms with E-state index in [-0.39, 0.29) is 16.8 Å². The van der Waals surface area contributed by atoms with Crippen molar-refractivity contribution in [3.63, 3.8) is 0 Å². The molecule has 4 aromatic carbocycles. The second-order valence-corrected chi connectivity index (χ2v) is 10.2. The van der Waals surface area contributed by atoms with Gasteiger partial charge in [0.25, 0.3) is 11.6 Å². The van der Waals surface area contributed by atoms with Gasteiger partial charge < -0.3 is 20.8 Å². The van der Waals surface area contributed by atoms with Crippen LogP contribution in [0.5, 0.6) is 0 Å². The highest BCUT2D eigenvalue weighted by molar-refractivity contribution is 8.00. The van der Waals surface area contributed by atoms with Crippen LogP contribution in [0.3, 0.4) is 0 Å². The Hall–Kier alpha value is -5.49. The number of aromatic carboxylic acids is 2. The van der Waals surface area contributed by atoms with Crippen LogP contribution in [-0.2, 0) is 4.79 Å². The molecule has 0 aliphatic rings. The Labute approximate surface area is 243 Å². The Balaban J connectivity index is 1.59. The molecule has 0 heterocycles. The van der Waals surface area contributed by atoms with Gasteiger partial charge in [-0.05, 0) is 54.4 Å². The van der Waals surface area contributed by atoms with Crippen LogP contribution < -0.4 is 10.6 Å². The minimum atomic E-state index is -1.46. The van der Waals surface area contributed by atoms with Gasteiger partial charge in [0, 0.05) is 22.7 Å². The largest absolute Gasteiger partial charge is 0.478 e. The van der Waals surface area contributed by atoms with Gasteiger partial charge in [-0.15, -0.1) is 11.8 Å². The second-order valence-electron chi connectivity index (χ2n) is 9.01. The molecule has 0 aliphatic carbocycles. The number of benzene rings is 4. The Morgan fingerprint density at radius 2 is 1.55 bits per heavy atom. The summed E-state index contributed by atoms with van der Waals surface area (Å²) in [6.45, 7) is 1.72. The highest BCUT2D eigenvalue weighted by atomic mass is 32.2. The number of hydrogen-bond donors (Lipinski definition) is 4. The lowest BCUT2D eigenvalue weighted by molar-refractivity contribution is -0.384. The summed E-state index contributed by atoms with van der Waals surface area (Å²) in [7, 11) is 0. The van der Waals surface area contributed by atoms with Gasteiger partial charge in [0.15, 0.2) is 0 Å². The average Bonchev–Trinajstić information content (AvgIpc) is 2.97. The molecule has 0 aromatic heterocycles. The molecule has 0 fully saturated rings. The molecule has 1 atom stereocenters. The summed E-state index contributed by atoms with van der Waals surface area (Å²) >= 11 is 1.18. The lowest BCUT2D eigenvalue weighted by Crippen LogP contribution is -2.20. The number of carbonyl (C=O) groups excluding carboxylic acids is 2. The van der Waals surface area contributed by atoms with E-state index in [2.05, 4.69) is 10.6 Å². The number of hydrogen-bond acceptors (Lipinski definition) is 7. The van der Waals surface area contributed by atoms with Crippen molar-refractivity contribution in [3.05, 3.63) is 129 Å². The number of amides is 2. The minimum Gasteiger partial charge on any atom is -0.478 e. The lowest BCUT2D eigenvalue weighted by atomic mass is 10.0. The number of nitrogens with one attached hydrogen (secondary N) is 2. The first-order valence-electron chi connectivity index (χ1n) is 12.3. The number of anilines is 2. The summed E-state index contributed by atoms with van der Waals surface area (Å²) in [4.78, 5) is 60.7. The van der Waals surface area contributed by atoms with Crippen molar-refractivity contribution in [2.24, 2.45) is 0 Å². The number of carbonyl (C=O) groups is 4. The van der Waals surface area contributed by atoms with Gasteiger partial charge in [-0.25, -0.2) is 9.59 Å². The maximum Gasteiger partial charge on any atom is 0.336 e. The molecule has 0 saturated heterocycles. The van der Waals surface area contributed by atoms with Gasteiger partial charge in [0.2, 0.25) is 5.91 Å². The Morgan fingerprint density at radius 3 is 2.21 bits per heavy atom. The van der Waals surface area contributed by atoms with Gasteiger partial charge in [0.1, 0.15) is 5.25 Å². The third-order valence-electron chi connectivity index (χ3n) is 6.12. The first kappa shape index (κ1) is 29.5. The standard InChI is InChI=1S/C30H23N3O8S/c1-17-10-12-21(33(40)41)16-25(17)32-28(35)26(18-6-3-2-4-7-18)42-22-9-5-8-20(15-22)31-27(34)23-13-11-19(29(36)37)14-24(23)30(38)39/h2-16,26H,1H3,(H,31,34)(H,32,35)(H,36,37)(H,38,39). The molecule has 11 nitrogen and oxygen atoms in total. The zero-order valence-corrected chi connectivity index (χ0v) is 22.8. The molecule has 0 bridgehead atoms. The maximum atomic E-state index is 13.5. The van der Waals surface area contributed by atoms with Crippen molar-refractivity contribution in [2.45, 2.75) is 17.1 Å². The van der Waals surface area contributed by atoms with Crippen LogP contribution in [-0.4, -0.2) is 38.9 Å². The van der Waals surface area contributed by atoms with E-state index in [4.69, 9.17) is 5.11 Å². The molecule has 2 amide bonds. The van der Waals surface area contributed by atoms with Gasteiger partial charge in [-0.3, -0.25) is 19.7 Å². The summed E-state index contributed by atoms with van der Waals surface area (Å²) in [6.07, 6.45) is 0. The molecule has 4 aromatic rings. The number of rotatable bonds is 10. The summed E-state index contributed by atoms with van der Waals surface area (Å²) < 4.78 is 0. The van der Waals surface area contributed by atoms with Gasteiger partial charge >= 0.3 is 11.9 Å². The highest BCUT2D eigenvalue weighted by Crippen LogP contribution is 2.38. The van der Waals surface area contributed by atoms with E-state index in [1.165, 1.54) is 23.9 Å². The van der Waals surface area contributed by atoms with E-state index in [0.29, 0.717) is 27.4 Å². The van der Waals surface area contributed by atoms with E-state index in [1.54, 1.807) is 67.6 Å². The summed E-state index contributed by atoms with van der Waals surface area (Å²) in [5.41, 5.74) is 0.814. The predicted molar refractivity (Wildman–Crippen MR) is 156 cm³/mol. The van der Waals surface area contributed by atoms with Crippen LogP contribution in [0.1, 0.15) is 47.5 Å². The van der Waals surface area contributed by atoms with Gasteiger partial charge in [-0.1, -0.05) is 42.5 Å². The van der Waals surface area contributed by atoms with Crippen LogP contribution >= 0.6 is 11.8 Å². The summed E-state index contributed by atoms with van der Waals surface area (Å²) in [6, 6.07) is 22.9. The Morgan fingerprint density at radius 1 is 0.810 bits per heavy atom. The zero-order chi connectivity index (χ0) is 30.4. The number of thioether (sulfide) groups is 1. The fraction of sp³-hybridized carbons (Fsp3) is 0.0667. The van der Waals surface area contributed by atoms with E-state index >= 15 is 0 Å². The Bertz CT molecular complexity index is 1710. The fourth-order valence-electron chi connectivity index (χ4n) is 3.99. The topological polar surface area (TPSA) is 176 Å². The maximum absolute atomic E-state index is 13.5. The fourth-order valence-corrected chi connectivity index (χ4v) is 5.07. The number of aryl methyl sites for hydroxylation is 1. The molecule has 4 rings (SSSR count). The monoisotopic (exact) mass is 585 g/mol. The smallest absolute Gasteiger partial charge is 0.336 e. The zero-order valence-electron chi connectivity index (χ0n) is 21.9. The predicted octanol–water partition coefficient (Wildman–Crippen LogP) is 6.02. The quantitative estimate of drug-likeness (QED) is 0.0984. The number of nitro groups is 1. The average molecular weight is 586 g/mol. The SMILES string of the molecule is Cc1ccc([N+](=O)[O-])cc1NC(=O)C(Sc1cccc(NC(=O)c2ccc(C(=O)O)cc2C(=O)O)c1)c1ccccc1. The molecular formula is C30H23N3O8S. The van der Waals surface area contributed by atoms with Crippen molar-refractivity contribution >= 4 is 52.6 Å². The molecular weight excluding hydrogens is 562 g/mol. The molecule has 4 N–H and O–H groups in total. The number of nitro benzene ring substituents is 1. The molecule has 0 radical (unpaired) electrons. The van der Waals surface area contributed by atoms with Crippen LogP contribution in [0.15, 0.2) is 95.9 Å². The van der Waals surface area contributed by atoms with Crippen molar-refractivity contribution < 1.29 is 34.3 Å². The summed E-state index contributed by atoms with van der Waals surface area (Å²) in [5.74, 6) is -3.96. The van der Waals surface area contributed by atoms with E-state index in [1.807, 2.05) is 0 Å². The third-order valence-corrected chi connectivity index (χ3v) is 7.37. The lowest BCUT2D eigenvalue weighted by Gasteiger charge is -2.18. The van der Waals surface area contributed by atoms with Crippen LogP contribution in [0, 0.1) is 17.0 Å². The highest BCUT2D eigenvalue weighted by Gasteiger charge is 2.24. The number of carboxylic acid groups (broad SMARTS) is 2. The minimum absolute atomic E-state index is 0.160. The number of non-ortho nitro benzene ring substituents is 1. The number of carboxylic acids is 2. The van der Waals surface area contributed by atoms with Crippen LogP contribution in [0.25, 0.3) is 0 Å². The first-order valence-corrected chi connectivity index (χ1v) is 13.2. The normalized spacial score (nSPS) is 11.3. The number of nitrogens with zero attached hydrogens (tertiary/aromatic N) is 1. The molecule has 0 spiro atoms. The molecule has 1 unspecified atom stereocenters. The van der Waals surface area contributed by atoms with E-state index in [9.17, 15) is 34.4 Å². The molecule has 212 valence electrons. The van der Waals surface area contributed by atoms with Crippen LogP contribution in [0.2, 0.25) is 0 Å². The molecule has 0 saturated carbocycles. The van der Waals surface area contributed by atoms with Crippen molar-refractivity contribution in [1.82, 2.24) is 0 Å². The van der Waals surface area contributed by atoms with Crippen molar-refractivity contribution in [3.8, 4) is 0 Å². The molecule has 42 heavy (non-hydrogen) atoms. The first-order chi connectivity index (χ1) is 20.0. The van der Waals surface area contributed by atoms with E-state index < -0.39 is 39.5 Å². The molecule has 0 aliphatic heterocycles. The van der Waals surface area contributed by atoms with Crippen LogP contribution in [0.4, 0.5) is 17.1 Å². The molecule has 12 heteroatoms. The van der Waals surface area contributed by atoms with E-state index in [0.717, 1.165) is 18.2 Å². The van der Waals surface area contributed by atoms with Gasteiger partial charge in [0.05, 0.1) is 27.3 Å². The van der Waals surface area contributed by atoms with Crippen molar-refractivity contribution in [2.75, 3.05) is 10.6 Å². The second kappa shape index (κ2) is 12.8.